The number of aliphatic imine (C=N–C) groups is 2. The average molecular weight is 658 g/mol. The van der Waals surface area contributed by atoms with Crippen LogP contribution in [0.1, 0.15) is 18.5 Å². The van der Waals surface area contributed by atoms with Gasteiger partial charge in [-0.1, -0.05) is 64.1 Å². The molecule has 2 unspecified atom stereocenters. The minimum Gasteiger partial charge on any atom is -0.846 e. The summed E-state index contributed by atoms with van der Waals surface area (Å²) in [5.41, 5.74) is 3.20. The number of hydrazone groups is 1. The fourth-order valence-corrected chi connectivity index (χ4v) is 5.37. The Hall–Kier alpha value is -4.70. The van der Waals surface area contributed by atoms with Crippen LogP contribution in [-0.2, 0) is 0 Å². The van der Waals surface area contributed by atoms with E-state index in [2.05, 4.69) is 50.9 Å². The number of likely N-dealkylation sites (N-methyl/N-ethyl adjacent to an activating group) is 1. The zero-order valence-corrected chi connectivity index (χ0v) is 26.2. The van der Waals surface area contributed by atoms with E-state index in [1.807, 2.05) is 52.4 Å². The molecule has 45 heavy (non-hydrogen) atoms. The van der Waals surface area contributed by atoms with Crippen molar-refractivity contribution in [3.8, 4) is 0 Å². The maximum atomic E-state index is 11.6. The van der Waals surface area contributed by atoms with Gasteiger partial charge in [-0.25, -0.2) is 10.3 Å². The fraction of sp³-hybridized carbons (Fsp3) is 0.121. The predicted octanol–water partition coefficient (Wildman–Crippen LogP) is 6.69. The molecule has 0 saturated carbocycles. The minimum atomic E-state index is -0.445. The van der Waals surface area contributed by atoms with Crippen LogP contribution < -0.4 is 20.4 Å². The summed E-state index contributed by atoms with van der Waals surface area (Å²) in [6.07, 6.45) is 3.79. The lowest BCUT2D eigenvalue weighted by Crippen LogP contribution is -2.59. The summed E-state index contributed by atoms with van der Waals surface area (Å²) >= 11 is 17.5. The number of anilines is 2. The van der Waals surface area contributed by atoms with Crippen molar-refractivity contribution < 1.29 is 9.79 Å². The van der Waals surface area contributed by atoms with Crippen LogP contribution in [0.15, 0.2) is 118 Å². The van der Waals surface area contributed by atoms with Crippen molar-refractivity contribution in [2.45, 2.75) is 19.0 Å². The van der Waals surface area contributed by atoms with Crippen molar-refractivity contribution in [2.24, 2.45) is 15.1 Å². The Labute approximate surface area is 275 Å². The molecule has 1 aromatic heterocycles. The van der Waals surface area contributed by atoms with Crippen molar-refractivity contribution in [3.05, 3.63) is 124 Å². The van der Waals surface area contributed by atoms with Gasteiger partial charge in [0.25, 0.3) is 0 Å². The first-order valence-electron chi connectivity index (χ1n) is 14.1. The zero-order chi connectivity index (χ0) is 31.3. The van der Waals surface area contributed by atoms with Gasteiger partial charge in [-0.15, -0.1) is 9.78 Å². The summed E-state index contributed by atoms with van der Waals surface area (Å²) in [4.78, 5) is 8.81. The molecule has 2 aliphatic rings. The van der Waals surface area contributed by atoms with Gasteiger partial charge in [-0.2, -0.15) is 5.10 Å². The second kappa shape index (κ2) is 13.5. The molecular formula is C33H27Cl3N8O. The summed E-state index contributed by atoms with van der Waals surface area (Å²) in [5.74, 6) is 0.752. The molecule has 3 heterocycles. The highest BCUT2D eigenvalue weighted by Crippen LogP contribution is 2.32. The number of nitrogens with zero attached hydrogens (tertiary/aromatic N) is 6. The SMILES string of the molecule is CCN1N=CC2c3c4ccccc4cn[n+]3C(Nc3ccc(Cl)cc3)=NC21.[O-]C(=Nc1ccc(Cl)cc1)Nc1ccc(Cl)cc1. The van der Waals surface area contributed by atoms with Gasteiger partial charge in [0.2, 0.25) is 6.17 Å². The third-order valence-electron chi connectivity index (χ3n) is 7.13. The summed E-state index contributed by atoms with van der Waals surface area (Å²) in [5, 5.41) is 33.1. The Balaban J connectivity index is 0.000000173. The molecule has 0 amide bonds. The topological polar surface area (TPSA) is 104 Å². The van der Waals surface area contributed by atoms with E-state index in [0.29, 0.717) is 32.4 Å². The van der Waals surface area contributed by atoms with Crippen LogP contribution in [0, 0.1) is 0 Å². The maximum Gasteiger partial charge on any atom is 0.418 e. The first kappa shape index (κ1) is 30.3. The first-order chi connectivity index (χ1) is 21.9. The molecule has 7 rings (SSSR count). The van der Waals surface area contributed by atoms with E-state index < -0.39 is 6.02 Å². The van der Waals surface area contributed by atoms with Gasteiger partial charge in [0.05, 0.1) is 23.6 Å². The van der Waals surface area contributed by atoms with E-state index in [-0.39, 0.29) is 12.1 Å². The molecule has 2 atom stereocenters. The smallest absolute Gasteiger partial charge is 0.418 e. The van der Waals surface area contributed by atoms with Crippen molar-refractivity contribution in [1.29, 1.82) is 0 Å². The van der Waals surface area contributed by atoms with Gasteiger partial charge in [-0.05, 0) is 79.7 Å². The van der Waals surface area contributed by atoms with Crippen molar-refractivity contribution >= 4 is 80.8 Å². The highest BCUT2D eigenvalue weighted by molar-refractivity contribution is 6.31. The molecule has 0 bridgehead atoms. The Bertz CT molecular complexity index is 1900. The van der Waals surface area contributed by atoms with Gasteiger partial charge < -0.3 is 10.4 Å². The number of benzene rings is 4. The number of fused-ring (bicyclic) bond motifs is 5. The molecule has 4 aromatic carbocycles. The normalized spacial score (nSPS) is 16.8. The van der Waals surface area contributed by atoms with E-state index >= 15 is 0 Å². The minimum absolute atomic E-state index is 0.0688. The van der Waals surface area contributed by atoms with Gasteiger partial charge in [0, 0.05) is 44.3 Å². The van der Waals surface area contributed by atoms with E-state index in [1.165, 1.54) is 0 Å². The molecule has 12 heteroatoms. The molecule has 2 aliphatic heterocycles. The van der Waals surface area contributed by atoms with E-state index in [1.54, 1.807) is 48.5 Å². The van der Waals surface area contributed by atoms with Crippen LogP contribution in [0.5, 0.6) is 0 Å². The number of aromatic nitrogens is 2. The molecule has 0 spiro atoms. The molecule has 5 aromatic rings. The summed E-state index contributed by atoms with van der Waals surface area (Å²) in [6, 6.07) is 28.9. The van der Waals surface area contributed by atoms with E-state index in [9.17, 15) is 5.11 Å². The standard InChI is InChI=1S/C20H18ClN6.C13H10Cl2N2O/c1-2-26-19-17(12-22-26)18-16-6-4-3-5-13(16)11-23-27(18)20(25-19)24-15-9-7-14(21)8-10-15;14-9-1-5-11(6-2-9)16-13(18)17-12-7-3-10(15)4-8-12/h3-12,17,19H,2H2,1H3,(H,24,25);1-8H,(H2,16,17,18)/q+1;/p-1. The highest BCUT2D eigenvalue weighted by atomic mass is 35.5. The summed E-state index contributed by atoms with van der Waals surface area (Å²) in [6.45, 7) is 2.89. The van der Waals surface area contributed by atoms with Crippen LogP contribution in [-0.4, -0.2) is 41.0 Å². The number of hydrogen-bond donors (Lipinski definition) is 2. The van der Waals surface area contributed by atoms with Gasteiger partial charge in [0.1, 0.15) is 11.6 Å². The lowest BCUT2D eigenvalue weighted by Gasteiger charge is -2.25. The van der Waals surface area contributed by atoms with Crippen molar-refractivity contribution in [3.63, 3.8) is 0 Å². The Kier molecular flexibility index (Phi) is 9.11. The fourth-order valence-electron chi connectivity index (χ4n) is 4.99. The zero-order valence-electron chi connectivity index (χ0n) is 24.0. The number of hydrogen-bond acceptors (Lipinski definition) is 7. The second-order valence-corrected chi connectivity index (χ2v) is 11.4. The van der Waals surface area contributed by atoms with Gasteiger partial charge in [0.15, 0.2) is 0 Å². The van der Waals surface area contributed by atoms with Crippen LogP contribution in [0.2, 0.25) is 15.1 Å². The second-order valence-electron chi connectivity index (χ2n) is 10.1. The third-order valence-corrected chi connectivity index (χ3v) is 7.88. The molecule has 0 fully saturated rings. The molecule has 0 radical (unpaired) electrons. The van der Waals surface area contributed by atoms with Crippen LogP contribution in [0.25, 0.3) is 10.8 Å². The third kappa shape index (κ3) is 7.01. The van der Waals surface area contributed by atoms with Crippen molar-refractivity contribution in [1.82, 2.24) is 10.1 Å². The van der Waals surface area contributed by atoms with Crippen LogP contribution >= 0.6 is 34.8 Å². The van der Waals surface area contributed by atoms with E-state index in [0.717, 1.165) is 28.7 Å². The monoisotopic (exact) mass is 656 g/mol. The highest BCUT2D eigenvalue weighted by Gasteiger charge is 2.44. The largest absolute Gasteiger partial charge is 0.846 e. The molecular weight excluding hydrogens is 631 g/mol. The van der Waals surface area contributed by atoms with Crippen LogP contribution in [0.4, 0.5) is 17.1 Å². The number of rotatable bonds is 4. The molecule has 0 saturated heterocycles. The molecule has 0 aliphatic carbocycles. The lowest BCUT2D eigenvalue weighted by atomic mass is 9.97. The van der Waals surface area contributed by atoms with E-state index in [4.69, 9.17) is 39.8 Å². The quantitative estimate of drug-likeness (QED) is 0.127. The van der Waals surface area contributed by atoms with Gasteiger partial charge >= 0.3 is 5.96 Å². The average Bonchev–Trinajstić information content (AvgIpc) is 3.47. The Morgan fingerprint density at radius 2 is 1.49 bits per heavy atom. The summed E-state index contributed by atoms with van der Waals surface area (Å²) in [7, 11) is 0. The Morgan fingerprint density at radius 1 is 0.867 bits per heavy atom. The van der Waals surface area contributed by atoms with Crippen molar-refractivity contribution in [2.75, 3.05) is 17.2 Å². The number of amidine groups is 1. The molecule has 9 nitrogen and oxygen atoms in total. The maximum absolute atomic E-state index is 11.6. The molecule has 226 valence electrons. The lowest BCUT2D eigenvalue weighted by molar-refractivity contribution is -0.632. The predicted molar refractivity (Wildman–Crippen MR) is 181 cm³/mol. The summed E-state index contributed by atoms with van der Waals surface area (Å²) < 4.78 is 1.89. The number of halogens is 3. The molecule has 2 N–H and O–H groups in total. The first-order valence-corrected chi connectivity index (χ1v) is 15.3. The Morgan fingerprint density at radius 3 is 2.16 bits per heavy atom. The van der Waals surface area contributed by atoms with Gasteiger partial charge in [-0.3, -0.25) is 5.01 Å². The van der Waals surface area contributed by atoms with Crippen LogP contribution in [0.3, 0.4) is 0 Å². The number of nitrogens with one attached hydrogen (secondary N) is 2.